The molecule has 2 heterocycles. The minimum atomic E-state index is -0.936. The van der Waals surface area contributed by atoms with Crippen LogP contribution in [0.5, 0.6) is 0 Å². The molecule has 164 valence electrons. The van der Waals surface area contributed by atoms with Gasteiger partial charge in [-0.2, -0.15) is 5.10 Å². The van der Waals surface area contributed by atoms with E-state index in [0.29, 0.717) is 23.2 Å². The number of nitrogens with zero attached hydrogens (tertiary/aromatic N) is 3. The normalized spacial score (nSPS) is 11.4. The molecule has 0 saturated carbocycles. The van der Waals surface area contributed by atoms with E-state index >= 15 is 0 Å². The third-order valence-electron chi connectivity index (χ3n) is 5.68. The third kappa shape index (κ3) is 4.18. The molecule has 4 rings (SSSR count). The first-order chi connectivity index (χ1) is 15.2. The highest BCUT2D eigenvalue weighted by molar-refractivity contribution is 6.31. The van der Waals surface area contributed by atoms with Crippen molar-refractivity contribution in [3.63, 3.8) is 0 Å². The monoisotopic (exact) mass is 449 g/mol. The lowest BCUT2D eigenvalue weighted by atomic mass is 10.0. The number of halogens is 1. The minimum Gasteiger partial charge on any atom is -0.480 e. The number of aromatic nitrogens is 3. The van der Waals surface area contributed by atoms with E-state index in [-0.39, 0.29) is 12.1 Å². The lowest BCUT2D eigenvalue weighted by Crippen LogP contribution is -2.23. The van der Waals surface area contributed by atoms with E-state index in [2.05, 4.69) is 31.1 Å². The largest absolute Gasteiger partial charge is 0.480 e. The Labute approximate surface area is 190 Å². The molecule has 0 bridgehead atoms. The summed E-state index contributed by atoms with van der Waals surface area (Å²) in [5.41, 5.74) is 4.89. The van der Waals surface area contributed by atoms with Crippen LogP contribution in [-0.2, 0) is 17.9 Å². The lowest BCUT2D eigenvalue weighted by Gasteiger charge is -2.10. The van der Waals surface area contributed by atoms with Crippen molar-refractivity contribution in [1.82, 2.24) is 14.3 Å². The van der Waals surface area contributed by atoms with Gasteiger partial charge in [-0.25, -0.2) is 4.68 Å². The van der Waals surface area contributed by atoms with Crippen LogP contribution in [0.25, 0.3) is 22.2 Å². The van der Waals surface area contributed by atoms with Gasteiger partial charge in [0, 0.05) is 33.2 Å². The summed E-state index contributed by atoms with van der Waals surface area (Å²) in [4.78, 5) is 24.0. The number of carbonyl (C=O) groups is 1. The van der Waals surface area contributed by atoms with Gasteiger partial charge in [0.2, 0.25) is 0 Å². The molecular weight excluding hydrogens is 426 g/mol. The average molecular weight is 450 g/mol. The topological polar surface area (TPSA) is 77.1 Å². The zero-order valence-corrected chi connectivity index (χ0v) is 18.9. The molecule has 0 aliphatic carbocycles. The van der Waals surface area contributed by atoms with Crippen LogP contribution in [-0.4, -0.2) is 25.4 Å². The molecule has 0 amide bonds. The fraction of sp³-hybridized carbons (Fsp3) is 0.240. The van der Waals surface area contributed by atoms with E-state index in [9.17, 15) is 14.7 Å². The second-order valence-corrected chi connectivity index (χ2v) is 8.65. The number of fused-ring (bicyclic) bond motifs is 1. The first kappa shape index (κ1) is 21.8. The molecule has 0 radical (unpaired) electrons. The lowest BCUT2D eigenvalue weighted by molar-refractivity contribution is -0.137. The van der Waals surface area contributed by atoms with Crippen molar-refractivity contribution in [2.24, 2.45) is 0 Å². The van der Waals surface area contributed by atoms with E-state index in [1.165, 1.54) is 16.3 Å². The number of benzene rings is 2. The summed E-state index contributed by atoms with van der Waals surface area (Å²) in [5, 5.41) is 15.4. The Bertz CT molecular complexity index is 1370. The van der Waals surface area contributed by atoms with E-state index in [0.717, 1.165) is 27.7 Å². The molecular formula is C25H24ClN3O3. The van der Waals surface area contributed by atoms with E-state index < -0.39 is 5.97 Å². The number of hydrogen-bond donors (Lipinski definition) is 1. The molecule has 0 fully saturated rings. The standard InChI is InChI=1S/C25H24ClN3O3/c1-15(2)18-6-4-17(5-7-18)13-29-23(30)11-9-21(27-29)25-16(3)28(14-24(31)32)22-10-8-19(26)12-20(22)25/h4-12,15H,13-14H2,1-3H3,(H,31,32). The van der Waals surface area contributed by atoms with Crippen LogP contribution in [0.3, 0.4) is 0 Å². The maximum Gasteiger partial charge on any atom is 0.323 e. The number of carboxylic acids is 1. The van der Waals surface area contributed by atoms with Gasteiger partial charge in [-0.15, -0.1) is 0 Å². The van der Waals surface area contributed by atoms with E-state index in [4.69, 9.17) is 11.6 Å². The van der Waals surface area contributed by atoms with Gasteiger partial charge in [0.25, 0.3) is 5.56 Å². The Hall–Kier alpha value is -3.38. The van der Waals surface area contributed by atoms with Crippen molar-refractivity contribution in [3.8, 4) is 11.3 Å². The Kier molecular flexibility index (Phi) is 5.89. The first-order valence-corrected chi connectivity index (χ1v) is 10.8. The van der Waals surface area contributed by atoms with Gasteiger partial charge in [-0.3, -0.25) is 9.59 Å². The summed E-state index contributed by atoms with van der Waals surface area (Å²) in [6.45, 7) is 6.30. The summed E-state index contributed by atoms with van der Waals surface area (Å²) in [7, 11) is 0. The molecule has 0 saturated heterocycles. The SMILES string of the molecule is Cc1c(-c2ccc(=O)n(Cc3ccc(C(C)C)cc3)n2)c2cc(Cl)ccc2n1CC(=O)O. The summed E-state index contributed by atoms with van der Waals surface area (Å²) in [6, 6.07) is 16.7. The van der Waals surface area contributed by atoms with E-state index in [1.54, 1.807) is 22.8 Å². The number of aliphatic carboxylic acids is 1. The van der Waals surface area contributed by atoms with Gasteiger partial charge < -0.3 is 9.67 Å². The van der Waals surface area contributed by atoms with Crippen molar-refractivity contribution in [1.29, 1.82) is 0 Å². The predicted molar refractivity (Wildman–Crippen MR) is 126 cm³/mol. The van der Waals surface area contributed by atoms with Gasteiger partial charge in [0.15, 0.2) is 0 Å². The zero-order valence-electron chi connectivity index (χ0n) is 18.2. The molecule has 6 nitrogen and oxygen atoms in total. The van der Waals surface area contributed by atoms with Crippen LogP contribution >= 0.6 is 11.6 Å². The van der Waals surface area contributed by atoms with Crippen molar-refractivity contribution in [2.45, 2.75) is 39.8 Å². The van der Waals surface area contributed by atoms with Crippen molar-refractivity contribution >= 4 is 28.5 Å². The Balaban J connectivity index is 1.81. The molecule has 0 spiro atoms. The molecule has 32 heavy (non-hydrogen) atoms. The number of carboxylic acid groups (broad SMARTS) is 1. The van der Waals surface area contributed by atoms with Crippen molar-refractivity contribution < 1.29 is 9.90 Å². The van der Waals surface area contributed by atoms with Gasteiger partial charge in [-0.05, 0) is 48.2 Å². The molecule has 4 aromatic rings. The second-order valence-electron chi connectivity index (χ2n) is 8.21. The highest BCUT2D eigenvalue weighted by atomic mass is 35.5. The van der Waals surface area contributed by atoms with Crippen molar-refractivity contribution in [2.75, 3.05) is 0 Å². The van der Waals surface area contributed by atoms with Crippen LogP contribution in [0.2, 0.25) is 5.02 Å². The Morgan fingerprint density at radius 3 is 2.47 bits per heavy atom. The summed E-state index contributed by atoms with van der Waals surface area (Å²) < 4.78 is 3.16. The molecule has 0 unspecified atom stereocenters. The fourth-order valence-electron chi connectivity index (χ4n) is 3.99. The van der Waals surface area contributed by atoms with Crippen LogP contribution < -0.4 is 5.56 Å². The molecule has 2 aromatic heterocycles. The van der Waals surface area contributed by atoms with Crippen LogP contribution in [0.1, 0.15) is 36.6 Å². The average Bonchev–Trinajstić information content (AvgIpc) is 3.00. The molecule has 2 aromatic carbocycles. The summed E-state index contributed by atoms with van der Waals surface area (Å²) in [5.74, 6) is -0.500. The number of hydrogen-bond acceptors (Lipinski definition) is 3. The van der Waals surface area contributed by atoms with E-state index in [1.807, 2.05) is 25.1 Å². The smallest absolute Gasteiger partial charge is 0.323 e. The van der Waals surface area contributed by atoms with Crippen LogP contribution in [0.4, 0.5) is 0 Å². The third-order valence-corrected chi connectivity index (χ3v) is 5.92. The molecule has 0 atom stereocenters. The second kappa shape index (κ2) is 8.63. The van der Waals surface area contributed by atoms with Crippen LogP contribution in [0, 0.1) is 6.92 Å². The van der Waals surface area contributed by atoms with Gasteiger partial charge in [0.1, 0.15) is 6.54 Å². The molecule has 1 N–H and O–H groups in total. The maximum absolute atomic E-state index is 12.5. The zero-order chi connectivity index (χ0) is 23.0. The Morgan fingerprint density at radius 1 is 1.09 bits per heavy atom. The quantitative estimate of drug-likeness (QED) is 0.445. The first-order valence-electron chi connectivity index (χ1n) is 10.4. The van der Waals surface area contributed by atoms with Gasteiger partial charge in [0.05, 0.1) is 12.2 Å². The van der Waals surface area contributed by atoms with Crippen molar-refractivity contribution in [3.05, 3.63) is 86.8 Å². The number of rotatable bonds is 6. The van der Waals surface area contributed by atoms with Crippen LogP contribution in [0.15, 0.2) is 59.4 Å². The minimum absolute atomic E-state index is 0.175. The highest BCUT2D eigenvalue weighted by Gasteiger charge is 2.19. The van der Waals surface area contributed by atoms with Gasteiger partial charge in [-0.1, -0.05) is 49.7 Å². The predicted octanol–water partition coefficient (Wildman–Crippen LogP) is 5.08. The van der Waals surface area contributed by atoms with Gasteiger partial charge >= 0.3 is 5.97 Å². The summed E-state index contributed by atoms with van der Waals surface area (Å²) >= 11 is 6.24. The molecule has 0 aliphatic heterocycles. The fourth-order valence-corrected chi connectivity index (χ4v) is 4.17. The summed E-state index contributed by atoms with van der Waals surface area (Å²) in [6.07, 6.45) is 0. The maximum atomic E-state index is 12.5. The Morgan fingerprint density at radius 2 is 1.81 bits per heavy atom. The highest BCUT2D eigenvalue weighted by Crippen LogP contribution is 2.35. The molecule has 0 aliphatic rings. The molecule has 7 heteroatoms.